The second-order valence-corrected chi connectivity index (χ2v) is 6.17. The summed E-state index contributed by atoms with van der Waals surface area (Å²) in [6.07, 6.45) is 0.246. The van der Waals surface area contributed by atoms with Gasteiger partial charge >= 0.3 is 0 Å². The fourth-order valence-electron chi connectivity index (χ4n) is 3.45. The lowest BCUT2D eigenvalue weighted by Crippen LogP contribution is -2.52. The Bertz CT molecular complexity index is 747. The van der Waals surface area contributed by atoms with Crippen LogP contribution in [0.5, 0.6) is 5.75 Å². The van der Waals surface area contributed by atoms with Crippen molar-refractivity contribution in [3.8, 4) is 5.75 Å². The highest BCUT2D eigenvalue weighted by Crippen LogP contribution is 2.40. The minimum atomic E-state index is -0.632. The Balaban J connectivity index is 1.63. The van der Waals surface area contributed by atoms with Crippen molar-refractivity contribution in [3.63, 3.8) is 0 Å². The number of carbonyl (C=O) groups excluding carboxylic acids is 3. The van der Waals surface area contributed by atoms with Crippen molar-refractivity contribution < 1.29 is 24.2 Å². The molecule has 3 N–H and O–H groups in total. The number of carbonyl (C=O) groups is 3. The van der Waals surface area contributed by atoms with Crippen LogP contribution in [0.1, 0.15) is 28.8 Å². The minimum Gasteiger partial charge on any atom is -0.484 e. The number of fused-ring (bicyclic) bond motifs is 3. The van der Waals surface area contributed by atoms with Crippen molar-refractivity contribution in [3.05, 3.63) is 23.3 Å². The third-order valence-corrected chi connectivity index (χ3v) is 4.68. The van der Waals surface area contributed by atoms with Gasteiger partial charge in [0.2, 0.25) is 11.8 Å². The zero-order valence-corrected chi connectivity index (χ0v) is 12.9. The van der Waals surface area contributed by atoms with E-state index >= 15 is 0 Å². The highest BCUT2D eigenvalue weighted by atomic mass is 16.5. The summed E-state index contributed by atoms with van der Waals surface area (Å²) in [6.45, 7) is 0.654. The molecule has 3 aliphatic heterocycles. The number of amides is 3. The second-order valence-electron chi connectivity index (χ2n) is 6.17. The Morgan fingerprint density at radius 2 is 2.12 bits per heavy atom. The van der Waals surface area contributed by atoms with Crippen LogP contribution in [0.3, 0.4) is 0 Å². The number of ether oxygens (including phenoxy) is 1. The van der Waals surface area contributed by atoms with E-state index in [1.54, 1.807) is 12.1 Å². The number of anilines is 1. The van der Waals surface area contributed by atoms with Gasteiger partial charge in [0.25, 0.3) is 5.91 Å². The monoisotopic (exact) mass is 331 g/mol. The molecule has 8 nitrogen and oxygen atoms in total. The highest BCUT2D eigenvalue weighted by Gasteiger charge is 2.41. The zero-order valence-electron chi connectivity index (χ0n) is 12.9. The number of hydrogen-bond donors (Lipinski definition) is 3. The molecule has 126 valence electrons. The quantitative estimate of drug-likeness (QED) is 0.637. The average Bonchev–Trinajstić information content (AvgIpc) is 2.91. The summed E-state index contributed by atoms with van der Waals surface area (Å²) >= 11 is 0. The van der Waals surface area contributed by atoms with Gasteiger partial charge < -0.3 is 20.1 Å². The summed E-state index contributed by atoms with van der Waals surface area (Å²) in [4.78, 5) is 37.6. The van der Waals surface area contributed by atoms with E-state index in [1.165, 1.54) is 4.90 Å². The molecule has 2 atom stereocenters. The van der Waals surface area contributed by atoms with Crippen LogP contribution in [0.15, 0.2) is 12.1 Å². The van der Waals surface area contributed by atoms with Crippen LogP contribution in [-0.2, 0) is 16.1 Å². The molecule has 1 aromatic rings. The van der Waals surface area contributed by atoms with Crippen LogP contribution in [0.25, 0.3) is 0 Å². The maximum Gasteiger partial charge on any atom is 0.255 e. The molecule has 0 bridgehead atoms. The Hall–Kier alpha value is -2.61. The molecule has 0 spiro atoms. The molecule has 0 radical (unpaired) electrons. The lowest BCUT2D eigenvalue weighted by molar-refractivity contribution is -0.136. The standard InChI is InChI=1S/C16H17N3O5/c20-7-8-5-17-14-10-6-19(11-2-4-13(21)18-15(11)22)16(23)9(10)1-3-12(14)24-8/h1,3,8,11,17,20H,2,4-7H2,(H,18,21,22)/t8-,11-/m0/s1. The number of imide groups is 1. The van der Waals surface area contributed by atoms with Crippen LogP contribution in [0.2, 0.25) is 0 Å². The number of nitrogens with one attached hydrogen (secondary N) is 2. The van der Waals surface area contributed by atoms with Crippen LogP contribution in [0, 0.1) is 0 Å². The Morgan fingerprint density at radius 3 is 2.88 bits per heavy atom. The molecule has 4 rings (SSSR count). The normalized spacial score (nSPS) is 25.5. The first-order chi connectivity index (χ1) is 11.6. The number of benzene rings is 1. The number of hydrogen-bond acceptors (Lipinski definition) is 6. The molecular formula is C16H17N3O5. The molecule has 0 unspecified atom stereocenters. The molecule has 0 aromatic heterocycles. The van der Waals surface area contributed by atoms with Gasteiger partial charge in [-0.1, -0.05) is 0 Å². The maximum atomic E-state index is 12.7. The van der Waals surface area contributed by atoms with E-state index in [-0.39, 0.29) is 30.9 Å². The van der Waals surface area contributed by atoms with Gasteiger partial charge in [0, 0.05) is 24.1 Å². The van der Waals surface area contributed by atoms with Gasteiger partial charge in [-0.05, 0) is 18.6 Å². The first kappa shape index (κ1) is 14.9. The lowest BCUT2D eigenvalue weighted by atomic mass is 10.0. The van der Waals surface area contributed by atoms with Crippen molar-refractivity contribution in [2.45, 2.75) is 31.5 Å². The van der Waals surface area contributed by atoms with Crippen molar-refractivity contribution in [1.29, 1.82) is 0 Å². The molecular weight excluding hydrogens is 314 g/mol. The molecule has 24 heavy (non-hydrogen) atoms. The second kappa shape index (κ2) is 5.48. The van der Waals surface area contributed by atoms with Gasteiger partial charge in [-0.25, -0.2) is 0 Å². The SMILES string of the molecule is O=C1CC[C@H](N2Cc3c(ccc4c3NC[C@@H](CO)O4)C2=O)C(=O)N1. The van der Waals surface area contributed by atoms with Gasteiger partial charge in [0.05, 0.1) is 18.8 Å². The van der Waals surface area contributed by atoms with Crippen LogP contribution in [0.4, 0.5) is 5.69 Å². The van der Waals surface area contributed by atoms with Gasteiger partial charge in [-0.15, -0.1) is 0 Å². The molecule has 3 heterocycles. The lowest BCUT2D eigenvalue weighted by Gasteiger charge is -2.30. The van der Waals surface area contributed by atoms with E-state index in [2.05, 4.69) is 10.6 Å². The molecule has 1 fully saturated rings. The van der Waals surface area contributed by atoms with E-state index < -0.39 is 11.9 Å². The largest absolute Gasteiger partial charge is 0.484 e. The molecule has 1 saturated heterocycles. The van der Waals surface area contributed by atoms with E-state index in [9.17, 15) is 19.5 Å². The fraction of sp³-hybridized carbons (Fsp3) is 0.438. The number of aliphatic hydroxyl groups excluding tert-OH is 1. The minimum absolute atomic E-state index is 0.0924. The summed E-state index contributed by atoms with van der Waals surface area (Å²) in [6, 6.07) is 2.76. The number of aliphatic hydroxyl groups is 1. The van der Waals surface area contributed by atoms with Crippen molar-refractivity contribution in [2.75, 3.05) is 18.5 Å². The topological polar surface area (TPSA) is 108 Å². The summed E-state index contributed by atoms with van der Waals surface area (Å²) in [5.74, 6) is -0.348. The van der Waals surface area contributed by atoms with Crippen LogP contribution in [-0.4, -0.2) is 53.0 Å². The third kappa shape index (κ3) is 2.22. The maximum absolute atomic E-state index is 12.7. The highest BCUT2D eigenvalue weighted by molar-refractivity contribution is 6.06. The van der Waals surface area contributed by atoms with Gasteiger partial charge in [-0.3, -0.25) is 19.7 Å². The summed E-state index contributed by atoms with van der Waals surface area (Å²) in [5, 5.41) is 14.7. The van der Waals surface area contributed by atoms with Crippen molar-refractivity contribution >= 4 is 23.4 Å². The van der Waals surface area contributed by atoms with Gasteiger partial charge in [0.15, 0.2) is 0 Å². The summed E-state index contributed by atoms with van der Waals surface area (Å²) in [7, 11) is 0. The number of nitrogens with zero attached hydrogens (tertiary/aromatic N) is 1. The molecule has 0 saturated carbocycles. The van der Waals surface area contributed by atoms with Gasteiger partial charge in [-0.2, -0.15) is 0 Å². The Labute approximate surface area is 137 Å². The summed E-state index contributed by atoms with van der Waals surface area (Å²) in [5.41, 5.74) is 2.07. The number of rotatable bonds is 2. The average molecular weight is 331 g/mol. The van der Waals surface area contributed by atoms with E-state index in [0.29, 0.717) is 30.8 Å². The van der Waals surface area contributed by atoms with Crippen molar-refractivity contribution in [1.82, 2.24) is 10.2 Å². The molecule has 1 aromatic carbocycles. The first-order valence-corrected chi connectivity index (χ1v) is 7.90. The zero-order chi connectivity index (χ0) is 16.8. The smallest absolute Gasteiger partial charge is 0.255 e. The molecule has 3 amide bonds. The van der Waals surface area contributed by atoms with Gasteiger partial charge in [0.1, 0.15) is 17.9 Å². The Kier molecular flexibility index (Phi) is 3.42. The molecule has 8 heteroatoms. The fourth-order valence-corrected chi connectivity index (χ4v) is 3.45. The third-order valence-electron chi connectivity index (χ3n) is 4.68. The van der Waals surface area contributed by atoms with Crippen LogP contribution < -0.4 is 15.4 Å². The molecule has 3 aliphatic rings. The van der Waals surface area contributed by atoms with E-state index in [4.69, 9.17) is 4.74 Å². The van der Waals surface area contributed by atoms with Crippen LogP contribution >= 0.6 is 0 Å². The predicted octanol–water partition coefficient (Wildman–Crippen LogP) is -0.387. The summed E-state index contributed by atoms with van der Waals surface area (Å²) < 4.78 is 5.69. The number of piperidine rings is 1. The first-order valence-electron chi connectivity index (χ1n) is 7.90. The van der Waals surface area contributed by atoms with E-state index in [1.807, 2.05) is 0 Å². The Morgan fingerprint density at radius 1 is 1.29 bits per heavy atom. The molecule has 0 aliphatic carbocycles. The predicted molar refractivity (Wildman–Crippen MR) is 82.5 cm³/mol. The van der Waals surface area contributed by atoms with Crippen molar-refractivity contribution in [2.24, 2.45) is 0 Å². The van der Waals surface area contributed by atoms with E-state index in [0.717, 1.165) is 11.3 Å².